The summed E-state index contributed by atoms with van der Waals surface area (Å²) >= 11 is 0. The van der Waals surface area contributed by atoms with Gasteiger partial charge in [0.05, 0.1) is 17.9 Å². The molecule has 1 aromatic carbocycles. The van der Waals surface area contributed by atoms with Crippen LogP contribution in [0.4, 0.5) is 0 Å². The van der Waals surface area contributed by atoms with E-state index in [9.17, 15) is 19.2 Å². The summed E-state index contributed by atoms with van der Waals surface area (Å²) in [5.41, 5.74) is 4.03. The summed E-state index contributed by atoms with van der Waals surface area (Å²) in [5, 5.41) is 0. The summed E-state index contributed by atoms with van der Waals surface area (Å²) in [7, 11) is 1.24. The van der Waals surface area contributed by atoms with Crippen LogP contribution in [0.25, 0.3) is 0 Å². The maximum absolute atomic E-state index is 12.9. The van der Waals surface area contributed by atoms with Crippen molar-refractivity contribution in [2.45, 2.75) is 112 Å². The summed E-state index contributed by atoms with van der Waals surface area (Å²) in [6, 6.07) is 4.70. The number of methoxy groups -OCH3 is 1. The molecule has 0 aliphatic heterocycles. The van der Waals surface area contributed by atoms with Gasteiger partial charge in [0.25, 0.3) is 0 Å². The number of carbonyl (C=O) groups is 4. The second-order valence-corrected chi connectivity index (χ2v) is 12.3. The van der Waals surface area contributed by atoms with E-state index in [1.807, 2.05) is 27.7 Å². The Bertz CT molecular complexity index is 1050. The van der Waals surface area contributed by atoms with Gasteiger partial charge in [-0.25, -0.2) is 0 Å². The second kappa shape index (κ2) is 14.6. The van der Waals surface area contributed by atoms with Gasteiger partial charge in [-0.05, 0) is 77.5 Å². The van der Waals surface area contributed by atoms with Crippen LogP contribution in [0.2, 0.25) is 0 Å². The lowest BCUT2D eigenvalue weighted by Gasteiger charge is -2.30. The van der Waals surface area contributed by atoms with Gasteiger partial charge in [0.1, 0.15) is 11.6 Å². The van der Waals surface area contributed by atoms with Crippen molar-refractivity contribution in [3.05, 3.63) is 23.8 Å². The molecule has 0 bridgehead atoms. The molecule has 0 radical (unpaired) electrons. The smallest absolute Gasteiger partial charge is 0.326 e. The molecule has 9 heteroatoms. The molecule has 226 valence electrons. The zero-order valence-corrected chi connectivity index (χ0v) is 26.0. The Balaban J connectivity index is 3.34. The number of hydrogen-bond donors (Lipinski definition) is 1. The van der Waals surface area contributed by atoms with Crippen molar-refractivity contribution >= 4 is 23.9 Å². The first kappa shape index (κ1) is 35.1. The van der Waals surface area contributed by atoms with Crippen LogP contribution in [0.15, 0.2) is 18.2 Å². The van der Waals surface area contributed by atoms with Gasteiger partial charge in [-0.1, -0.05) is 33.8 Å². The standard InChI is InChI=1S/C31H49NO8/c1-11-29(6,7)26(34)39-23-15-14-22(17-24(23)40-27(35)30(8,9)12-2)19-31(32,28(36)37-10)18-21(5)38-25(33)16-13-20(3)4/h14-15,17,20-21H,11-13,16,18-19,32H2,1-10H3/t21-,31?/m0/s1. The number of ether oxygens (including phenoxy) is 4. The van der Waals surface area contributed by atoms with E-state index in [4.69, 9.17) is 24.7 Å². The Labute approximate surface area is 239 Å². The molecular weight excluding hydrogens is 514 g/mol. The van der Waals surface area contributed by atoms with E-state index in [0.717, 1.165) is 0 Å². The van der Waals surface area contributed by atoms with E-state index in [0.29, 0.717) is 30.7 Å². The third kappa shape index (κ3) is 10.2. The van der Waals surface area contributed by atoms with Crippen LogP contribution in [-0.4, -0.2) is 42.6 Å². The number of carbonyl (C=O) groups excluding carboxylic acids is 4. The molecule has 9 nitrogen and oxygen atoms in total. The quantitative estimate of drug-likeness (QED) is 0.216. The molecule has 0 saturated heterocycles. The minimum absolute atomic E-state index is 0.00645. The fourth-order valence-electron chi connectivity index (χ4n) is 3.63. The molecular formula is C31H49NO8. The number of rotatable bonds is 15. The van der Waals surface area contributed by atoms with Gasteiger partial charge >= 0.3 is 23.9 Å². The Morgan fingerprint density at radius 2 is 1.38 bits per heavy atom. The predicted octanol–water partition coefficient (Wildman–Crippen LogP) is 5.54. The van der Waals surface area contributed by atoms with Crippen LogP contribution >= 0.6 is 0 Å². The van der Waals surface area contributed by atoms with Crippen molar-refractivity contribution in [3.8, 4) is 11.5 Å². The highest BCUT2D eigenvalue weighted by molar-refractivity contribution is 5.82. The SMILES string of the molecule is CCC(C)(C)C(=O)Oc1ccc(CC(N)(C[C@H](C)OC(=O)CCC(C)C)C(=O)OC)cc1OC(=O)C(C)(C)CC. The van der Waals surface area contributed by atoms with Gasteiger partial charge < -0.3 is 24.7 Å². The predicted molar refractivity (Wildman–Crippen MR) is 153 cm³/mol. The van der Waals surface area contributed by atoms with Gasteiger partial charge in [-0.15, -0.1) is 0 Å². The minimum atomic E-state index is -1.54. The Kier molecular flexibility index (Phi) is 12.8. The molecule has 0 spiro atoms. The monoisotopic (exact) mass is 563 g/mol. The summed E-state index contributed by atoms with van der Waals surface area (Å²) in [6.07, 6.45) is 1.40. The molecule has 2 atom stereocenters. The van der Waals surface area contributed by atoms with E-state index < -0.39 is 40.4 Å². The van der Waals surface area contributed by atoms with E-state index in [-0.39, 0.29) is 36.7 Å². The zero-order chi connectivity index (χ0) is 30.9. The fourth-order valence-corrected chi connectivity index (χ4v) is 3.63. The summed E-state index contributed by atoms with van der Waals surface area (Å²) in [4.78, 5) is 50.8. The summed E-state index contributed by atoms with van der Waals surface area (Å²) in [6.45, 7) is 16.5. The van der Waals surface area contributed by atoms with E-state index in [2.05, 4.69) is 0 Å². The lowest BCUT2D eigenvalue weighted by Crippen LogP contribution is -2.53. The summed E-state index contributed by atoms with van der Waals surface area (Å²) in [5.74, 6) is -1.51. The van der Waals surface area contributed by atoms with Crippen molar-refractivity contribution in [2.75, 3.05) is 7.11 Å². The molecule has 0 aliphatic rings. The van der Waals surface area contributed by atoms with E-state index in [1.165, 1.54) is 19.2 Å². The molecule has 0 saturated carbocycles. The maximum atomic E-state index is 12.9. The molecule has 0 fully saturated rings. The van der Waals surface area contributed by atoms with Gasteiger partial charge in [-0.3, -0.25) is 19.2 Å². The Morgan fingerprint density at radius 3 is 1.85 bits per heavy atom. The average molecular weight is 564 g/mol. The van der Waals surface area contributed by atoms with Crippen LogP contribution in [0.5, 0.6) is 11.5 Å². The first-order valence-corrected chi connectivity index (χ1v) is 14.0. The highest BCUT2D eigenvalue weighted by atomic mass is 16.6. The Hall–Kier alpha value is -2.94. The second-order valence-electron chi connectivity index (χ2n) is 12.3. The van der Waals surface area contributed by atoms with Crippen LogP contribution in [0, 0.1) is 16.7 Å². The average Bonchev–Trinajstić information content (AvgIpc) is 2.87. The molecule has 1 unspecified atom stereocenters. The van der Waals surface area contributed by atoms with E-state index >= 15 is 0 Å². The third-order valence-corrected chi connectivity index (χ3v) is 7.31. The molecule has 2 N–H and O–H groups in total. The molecule has 40 heavy (non-hydrogen) atoms. The maximum Gasteiger partial charge on any atom is 0.326 e. The molecule has 0 aromatic heterocycles. The summed E-state index contributed by atoms with van der Waals surface area (Å²) < 4.78 is 21.9. The van der Waals surface area contributed by atoms with Crippen molar-refractivity contribution in [1.82, 2.24) is 0 Å². The largest absolute Gasteiger partial charge is 0.468 e. The first-order chi connectivity index (χ1) is 18.4. The van der Waals surface area contributed by atoms with Gasteiger partial charge in [0.2, 0.25) is 0 Å². The van der Waals surface area contributed by atoms with Crippen LogP contribution in [0.1, 0.15) is 100.0 Å². The van der Waals surface area contributed by atoms with Crippen molar-refractivity contribution in [1.29, 1.82) is 0 Å². The lowest BCUT2D eigenvalue weighted by molar-refractivity contribution is -0.155. The topological polar surface area (TPSA) is 131 Å². The number of esters is 4. The first-order valence-electron chi connectivity index (χ1n) is 14.0. The van der Waals surface area contributed by atoms with Crippen molar-refractivity contribution in [3.63, 3.8) is 0 Å². The Morgan fingerprint density at radius 1 is 0.850 bits per heavy atom. The van der Waals surface area contributed by atoms with Gasteiger partial charge in [0, 0.05) is 19.3 Å². The van der Waals surface area contributed by atoms with Gasteiger partial charge in [-0.2, -0.15) is 0 Å². The number of benzene rings is 1. The van der Waals surface area contributed by atoms with Gasteiger partial charge in [0.15, 0.2) is 11.5 Å². The van der Waals surface area contributed by atoms with Crippen molar-refractivity contribution < 1.29 is 38.1 Å². The van der Waals surface area contributed by atoms with Crippen molar-refractivity contribution in [2.24, 2.45) is 22.5 Å². The van der Waals surface area contributed by atoms with E-state index in [1.54, 1.807) is 40.7 Å². The molecule has 0 heterocycles. The molecule has 1 aromatic rings. The fraction of sp³-hybridized carbons (Fsp3) is 0.677. The third-order valence-electron chi connectivity index (χ3n) is 7.31. The number of hydrogen-bond acceptors (Lipinski definition) is 9. The molecule has 0 amide bonds. The number of nitrogens with two attached hydrogens (primary N) is 1. The minimum Gasteiger partial charge on any atom is -0.468 e. The lowest BCUT2D eigenvalue weighted by atomic mass is 9.86. The molecule has 1 rings (SSSR count). The highest BCUT2D eigenvalue weighted by Crippen LogP contribution is 2.35. The van der Waals surface area contributed by atoms with Crippen LogP contribution < -0.4 is 15.2 Å². The van der Waals surface area contributed by atoms with Crippen LogP contribution in [0.3, 0.4) is 0 Å². The highest BCUT2D eigenvalue weighted by Gasteiger charge is 2.39. The van der Waals surface area contributed by atoms with Crippen LogP contribution in [-0.2, 0) is 35.1 Å². The molecule has 0 aliphatic carbocycles. The zero-order valence-electron chi connectivity index (χ0n) is 26.0. The normalized spacial score (nSPS) is 14.2.